The van der Waals surface area contributed by atoms with Gasteiger partial charge in [-0.1, -0.05) is 59.2 Å². The highest BCUT2D eigenvalue weighted by atomic mass is 35.5. The fraction of sp³-hybridized carbons (Fsp3) is 0.111. The van der Waals surface area contributed by atoms with E-state index in [0.29, 0.717) is 11.6 Å². The molecule has 0 unspecified atom stereocenters. The van der Waals surface area contributed by atoms with Gasteiger partial charge in [0.15, 0.2) is 11.0 Å². The van der Waals surface area contributed by atoms with Gasteiger partial charge in [-0.25, -0.2) is 0 Å². The fourth-order valence-electron chi connectivity index (χ4n) is 2.26. The topological polar surface area (TPSA) is 30.7 Å². The van der Waals surface area contributed by atoms with Gasteiger partial charge in [0.05, 0.1) is 0 Å². The predicted molar refractivity (Wildman–Crippen MR) is 102 cm³/mol. The van der Waals surface area contributed by atoms with E-state index in [1.54, 1.807) is 11.8 Å². The van der Waals surface area contributed by atoms with Gasteiger partial charge in [-0.05, 0) is 35.9 Å². The quantitative estimate of drug-likeness (QED) is 0.407. The average Bonchev–Trinajstić information content (AvgIpc) is 2.98. The van der Waals surface area contributed by atoms with Crippen molar-refractivity contribution in [1.29, 1.82) is 0 Å². The number of thioether (sulfide) groups is 1. The van der Waals surface area contributed by atoms with Gasteiger partial charge in [0.25, 0.3) is 0 Å². The number of rotatable bonds is 6. The molecule has 24 heavy (non-hydrogen) atoms. The first-order valence-electron chi connectivity index (χ1n) is 7.35. The molecule has 0 aliphatic carbocycles. The molecule has 0 amide bonds. The van der Waals surface area contributed by atoms with Crippen LogP contribution in [0.1, 0.15) is 5.56 Å². The Morgan fingerprint density at radius 2 is 1.79 bits per heavy atom. The van der Waals surface area contributed by atoms with Gasteiger partial charge in [0.2, 0.25) is 0 Å². The molecule has 0 saturated carbocycles. The van der Waals surface area contributed by atoms with E-state index in [2.05, 4.69) is 16.8 Å². The van der Waals surface area contributed by atoms with E-state index < -0.39 is 0 Å². The second-order valence-corrected chi connectivity index (χ2v) is 6.88. The fourth-order valence-corrected chi connectivity index (χ4v) is 3.62. The van der Waals surface area contributed by atoms with Crippen LogP contribution in [-0.2, 0) is 12.3 Å². The maximum absolute atomic E-state index is 6.22. The van der Waals surface area contributed by atoms with Gasteiger partial charge in [-0.15, -0.1) is 16.8 Å². The maximum Gasteiger partial charge on any atom is 0.192 e. The molecular weight excluding hydrogens is 361 g/mol. The largest absolute Gasteiger partial charge is 0.298 e. The van der Waals surface area contributed by atoms with Crippen molar-refractivity contribution in [2.24, 2.45) is 0 Å². The van der Waals surface area contributed by atoms with Gasteiger partial charge in [-0.3, -0.25) is 4.57 Å². The van der Waals surface area contributed by atoms with Crippen molar-refractivity contribution >= 4 is 35.0 Å². The van der Waals surface area contributed by atoms with Gasteiger partial charge in [-0.2, -0.15) is 0 Å². The molecule has 1 aromatic heterocycles. The van der Waals surface area contributed by atoms with Crippen molar-refractivity contribution in [3.63, 3.8) is 0 Å². The molecule has 0 bridgehead atoms. The molecule has 0 aliphatic rings. The zero-order chi connectivity index (χ0) is 16.9. The van der Waals surface area contributed by atoms with E-state index in [4.69, 9.17) is 23.2 Å². The van der Waals surface area contributed by atoms with E-state index in [-0.39, 0.29) is 0 Å². The summed E-state index contributed by atoms with van der Waals surface area (Å²) in [5, 5.41) is 11.0. The van der Waals surface area contributed by atoms with Crippen molar-refractivity contribution in [2.45, 2.75) is 17.5 Å². The van der Waals surface area contributed by atoms with Crippen LogP contribution in [0.4, 0.5) is 0 Å². The summed E-state index contributed by atoms with van der Waals surface area (Å²) in [7, 11) is 0. The number of nitrogens with zero attached hydrogens (tertiary/aromatic N) is 3. The van der Waals surface area contributed by atoms with Gasteiger partial charge in [0.1, 0.15) is 0 Å². The Kier molecular flexibility index (Phi) is 5.61. The molecule has 1 heterocycles. The Balaban J connectivity index is 1.87. The van der Waals surface area contributed by atoms with Gasteiger partial charge < -0.3 is 0 Å². The molecule has 2 aromatic carbocycles. The minimum atomic E-state index is 0.635. The molecule has 3 aromatic rings. The minimum Gasteiger partial charge on any atom is -0.298 e. The summed E-state index contributed by atoms with van der Waals surface area (Å²) in [6.45, 7) is 4.46. The van der Waals surface area contributed by atoms with Gasteiger partial charge in [0, 0.05) is 27.9 Å². The van der Waals surface area contributed by atoms with E-state index in [9.17, 15) is 0 Å². The Bertz CT molecular complexity index is 844. The molecule has 0 radical (unpaired) electrons. The number of halogens is 2. The normalized spacial score (nSPS) is 10.8. The predicted octanol–water partition coefficient (Wildman–Crippen LogP) is 5.73. The SMILES string of the molecule is C=CCn1c(SCc2ccccc2Cl)nnc1-c1ccc(Cl)cc1. The Labute approximate surface area is 155 Å². The summed E-state index contributed by atoms with van der Waals surface area (Å²) in [5.74, 6) is 1.53. The summed E-state index contributed by atoms with van der Waals surface area (Å²) in [5.41, 5.74) is 2.05. The molecule has 0 fully saturated rings. The van der Waals surface area contributed by atoms with Crippen LogP contribution in [0.25, 0.3) is 11.4 Å². The number of allylic oxidation sites excluding steroid dienone is 1. The lowest BCUT2D eigenvalue weighted by Gasteiger charge is -2.08. The molecule has 122 valence electrons. The summed E-state index contributed by atoms with van der Waals surface area (Å²) in [4.78, 5) is 0. The molecule has 0 aliphatic heterocycles. The maximum atomic E-state index is 6.22. The van der Waals surface area contributed by atoms with E-state index in [1.165, 1.54) is 0 Å². The molecule has 3 rings (SSSR count). The molecule has 0 saturated heterocycles. The summed E-state index contributed by atoms with van der Waals surface area (Å²) in [6, 6.07) is 15.4. The average molecular weight is 376 g/mol. The lowest BCUT2D eigenvalue weighted by Crippen LogP contribution is -2.00. The monoisotopic (exact) mass is 375 g/mol. The third-order valence-electron chi connectivity index (χ3n) is 3.45. The Hall–Kier alpha value is -1.75. The first kappa shape index (κ1) is 17.1. The smallest absolute Gasteiger partial charge is 0.192 e. The lowest BCUT2D eigenvalue weighted by molar-refractivity contribution is 0.731. The second kappa shape index (κ2) is 7.88. The molecular formula is C18H15Cl2N3S. The summed E-state index contributed by atoms with van der Waals surface area (Å²) >= 11 is 13.8. The minimum absolute atomic E-state index is 0.635. The highest BCUT2D eigenvalue weighted by Gasteiger charge is 2.14. The van der Waals surface area contributed by atoms with Crippen LogP contribution in [0.2, 0.25) is 10.0 Å². The number of hydrogen-bond donors (Lipinski definition) is 0. The summed E-state index contributed by atoms with van der Waals surface area (Å²) in [6.07, 6.45) is 1.84. The molecule has 0 atom stereocenters. The van der Waals surface area contributed by atoms with Crippen molar-refractivity contribution in [3.05, 3.63) is 76.8 Å². The van der Waals surface area contributed by atoms with Crippen LogP contribution >= 0.6 is 35.0 Å². The van der Waals surface area contributed by atoms with E-state index >= 15 is 0 Å². The van der Waals surface area contributed by atoms with Gasteiger partial charge >= 0.3 is 0 Å². The molecule has 3 nitrogen and oxygen atoms in total. The third kappa shape index (κ3) is 3.83. The second-order valence-electron chi connectivity index (χ2n) is 5.09. The van der Waals surface area contributed by atoms with Crippen LogP contribution in [-0.4, -0.2) is 14.8 Å². The van der Waals surface area contributed by atoms with Crippen molar-refractivity contribution in [2.75, 3.05) is 0 Å². The molecule has 0 N–H and O–H groups in total. The zero-order valence-electron chi connectivity index (χ0n) is 12.8. The van der Waals surface area contributed by atoms with Crippen LogP contribution in [0, 0.1) is 0 Å². The first-order chi connectivity index (χ1) is 11.7. The van der Waals surface area contributed by atoms with Crippen LogP contribution < -0.4 is 0 Å². The standard InChI is InChI=1S/C18H15Cl2N3S/c1-2-11-23-17(13-7-9-15(19)10-8-13)21-22-18(23)24-12-14-5-3-4-6-16(14)20/h2-10H,1,11-12H2. The van der Waals surface area contributed by atoms with Crippen molar-refractivity contribution in [3.8, 4) is 11.4 Å². The number of hydrogen-bond acceptors (Lipinski definition) is 3. The third-order valence-corrected chi connectivity index (χ3v) is 5.08. The summed E-state index contributed by atoms with van der Waals surface area (Å²) < 4.78 is 2.04. The van der Waals surface area contributed by atoms with Crippen LogP contribution in [0.5, 0.6) is 0 Å². The van der Waals surface area contributed by atoms with Crippen molar-refractivity contribution in [1.82, 2.24) is 14.8 Å². The van der Waals surface area contributed by atoms with E-state index in [1.807, 2.05) is 59.2 Å². The number of benzene rings is 2. The van der Waals surface area contributed by atoms with Crippen molar-refractivity contribution < 1.29 is 0 Å². The molecule has 6 heteroatoms. The Morgan fingerprint density at radius 1 is 1.04 bits per heavy atom. The van der Waals surface area contributed by atoms with E-state index in [0.717, 1.165) is 32.9 Å². The molecule has 0 spiro atoms. The first-order valence-corrected chi connectivity index (χ1v) is 9.09. The highest BCUT2D eigenvalue weighted by Crippen LogP contribution is 2.29. The number of aromatic nitrogens is 3. The zero-order valence-corrected chi connectivity index (χ0v) is 15.2. The highest BCUT2D eigenvalue weighted by molar-refractivity contribution is 7.98. The Morgan fingerprint density at radius 3 is 2.50 bits per heavy atom. The van der Waals surface area contributed by atoms with Crippen LogP contribution in [0.15, 0.2) is 66.3 Å². The lowest BCUT2D eigenvalue weighted by atomic mass is 10.2. The van der Waals surface area contributed by atoms with Crippen LogP contribution in [0.3, 0.4) is 0 Å².